The zero-order valence-corrected chi connectivity index (χ0v) is 14.0. The molecule has 1 aliphatic rings. The molecule has 0 N–H and O–H groups in total. The van der Waals surface area contributed by atoms with Gasteiger partial charge in [-0.3, -0.25) is 9.58 Å². The average Bonchev–Trinajstić information content (AvgIpc) is 3.13. The molecule has 0 radical (unpaired) electrons. The summed E-state index contributed by atoms with van der Waals surface area (Å²) in [6.45, 7) is 6.43. The van der Waals surface area contributed by atoms with E-state index in [4.69, 9.17) is 9.72 Å². The van der Waals surface area contributed by atoms with Crippen LogP contribution in [-0.2, 0) is 17.8 Å². The number of benzene rings is 1. The lowest BCUT2D eigenvalue weighted by Crippen LogP contribution is -2.43. The SMILES string of the molecule is Cc1cnn(C[C@H]2CN(Cc3nc4ccccc4s3)CCO2)c1. The predicted molar refractivity (Wildman–Crippen MR) is 91.6 cm³/mol. The quantitative estimate of drug-likeness (QED) is 0.738. The van der Waals surface area contributed by atoms with Crippen molar-refractivity contribution in [3.05, 3.63) is 47.2 Å². The molecule has 3 aromatic rings. The zero-order valence-electron chi connectivity index (χ0n) is 13.2. The van der Waals surface area contributed by atoms with Crippen molar-refractivity contribution in [2.45, 2.75) is 26.1 Å². The molecule has 0 unspecified atom stereocenters. The predicted octanol–water partition coefficient (Wildman–Crippen LogP) is 2.70. The van der Waals surface area contributed by atoms with Crippen LogP contribution in [0.5, 0.6) is 0 Å². The highest BCUT2D eigenvalue weighted by Gasteiger charge is 2.22. The van der Waals surface area contributed by atoms with Crippen molar-refractivity contribution in [2.75, 3.05) is 19.7 Å². The first kappa shape index (κ1) is 14.8. The lowest BCUT2D eigenvalue weighted by Gasteiger charge is -2.32. The number of aryl methyl sites for hydroxylation is 1. The molecule has 1 atom stereocenters. The summed E-state index contributed by atoms with van der Waals surface area (Å²) in [5.41, 5.74) is 2.29. The van der Waals surface area contributed by atoms with Crippen LogP contribution < -0.4 is 0 Å². The summed E-state index contributed by atoms with van der Waals surface area (Å²) in [5, 5.41) is 5.54. The fourth-order valence-electron chi connectivity index (χ4n) is 2.99. The number of hydrogen-bond donors (Lipinski definition) is 0. The molecule has 6 heteroatoms. The zero-order chi connectivity index (χ0) is 15.6. The van der Waals surface area contributed by atoms with E-state index >= 15 is 0 Å². The molecule has 5 nitrogen and oxygen atoms in total. The second kappa shape index (κ2) is 6.39. The van der Waals surface area contributed by atoms with E-state index < -0.39 is 0 Å². The second-order valence-electron chi connectivity index (χ2n) is 6.04. The van der Waals surface area contributed by atoms with E-state index in [0.29, 0.717) is 0 Å². The Balaban J connectivity index is 1.40. The van der Waals surface area contributed by atoms with Crippen molar-refractivity contribution < 1.29 is 4.74 Å². The highest BCUT2D eigenvalue weighted by Crippen LogP contribution is 2.23. The fourth-order valence-corrected chi connectivity index (χ4v) is 4.00. The Morgan fingerprint density at radius 2 is 2.26 bits per heavy atom. The van der Waals surface area contributed by atoms with E-state index in [1.54, 1.807) is 11.3 Å². The number of aromatic nitrogens is 3. The fraction of sp³-hybridized carbons (Fsp3) is 0.412. The van der Waals surface area contributed by atoms with Gasteiger partial charge in [-0.15, -0.1) is 11.3 Å². The van der Waals surface area contributed by atoms with Crippen molar-refractivity contribution in [2.24, 2.45) is 0 Å². The Morgan fingerprint density at radius 3 is 3.09 bits per heavy atom. The molecule has 1 aliphatic heterocycles. The summed E-state index contributed by atoms with van der Waals surface area (Å²) in [7, 11) is 0. The molecular formula is C17H20N4OS. The number of ether oxygens (including phenoxy) is 1. The van der Waals surface area contributed by atoms with Crippen LogP contribution in [-0.4, -0.2) is 45.5 Å². The van der Waals surface area contributed by atoms with Crippen LogP contribution in [0.4, 0.5) is 0 Å². The largest absolute Gasteiger partial charge is 0.374 e. The molecule has 0 bridgehead atoms. The van der Waals surface area contributed by atoms with Gasteiger partial charge in [0.1, 0.15) is 5.01 Å². The third-order valence-corrected chi connectivity index (χ3v) is 5.09. The van der Waals surface area contributed by atoms with Gasteiger partial charge in [0.05, 0.1) is 42.2 Å². The Morgan fingerprint density at radius 1 is 1.35 bits per heavy atom. The smallest absolute Gasteiger partial charge is 0.108 e. The van der Waals surface area contributed by atoms with E-state index in [0.717, 1.165) is 38.3 Å². The molecule has 120 valence electrons. The van der Waals surface area contributed by atoms with Crippen LogP contribution >= 0.6 is 11.3 Å². The van der Waals surface area contributed by atoms with Gasteiger partial charge in [0.15, 0.2) is 0 Å². The minimum Gasteiger partial charge on any atom is -0.374 e. The number of fused-ring (bicyclic) bond motifs is 1. The molecule has 0 saturated carbocycles. The monoisotopic (exact) mass is 328 g/mol. The van der Waals surface area contributed by atoms with Crippen molar-refractivity contribution in [1.82, 2.24) is 19.7 Å². The maximum Gasteiger partial charge on any atom is 0.108 e. The summed E-state index contributed by atoms with van der Waals surface area (Å²) >= 11 is 1.79. The number of rotatable bonds is 4. The van der Waals surface area contributed by atoms with Crippen molar-refractivity contribution in [1.29, 1.82) is 0 Å². The number of para-hydroxylation sites is 1. The highest BCUT2D eigenvalue weighted by molar-refractivity contribution is 7.18. The first-order valence-corrected chi connectivity index (χ1v) is 8.75. The van der Waals surface area contributed by atoms with Gasteiger partial charge in [-0.1, -0.05) is 12.1 Å². The maximum absolute atomic E-state index is 5.90. The number of nitrogens with zero attached hydrogens (tertiary/aromatic N) is 4. The van der Waals surface area contributed by atoms with E-state index in [9.17, 15) is 0 Å². The van der Waals surface area contributed by atoms with Gasteiger partial charge < -0.3 is 4.74 Å². The number of hydrogen-bond acceptors (Lipinski definition) is 5. The number of morpholine rings is 1. The van der Waals surface area contributed by atoms with Gasteiger partial charge in [0.2, 0.25) is 0 Å². The molecule has 2 aromatic heterocycles. The lowest BCUT2D eigenvalue weighted by molar-refractivity contribution is -0.0402. The average molecular weight is 328 g/mol. The molecule has 4 rings (SSSR count). The molecule has 3 heterocycles. The maximum atomic E-state index is 5.90. The molecule has 0 aliphatic carbocycles. The normalized spacial score (nSPS) is 19.4. The van der Waals surface area contributed by atoms with Crippen molar-refractivity contribution in [3.8, 4) is 0 Å². The number of thiazole rings is 1. The minimum absolute atomic E-state index is 0.192. The molecule has 0 spiro atoms. The third kappa shape index (κ3) is 3.44. The molecule has 23 heavy (non-hydrogen) atoms. The van der Waals surface area contributed by atoms with Crippen LogP contribution in [0, 0.1) is 6.92 Å². The van der Waals surface area contributed by atoms with Crippen LogP contribution in [0.15, 0.2) is 36.7 Å². The summed E-state index contributed by atoms with van der Waals surface area (Å²) in [6.07, 6.45) is 4.15. The van der Waals surface area contributed by atoms with E-state index in [1.165, 1.54) is 15.3 Å². The summed E-state index contributed by atoms with van der Waals surface area (Å²) in [4.78, 5) is 7.17. The third-order valence-electron chi connectivity index (χ3n) is 4.07. The summed E-state index contributed by atoms with van der Waals surface area (Å²) in [6, 6.07) is 8.33. The molecule has 0 amide bonds. The van der Waals surface area contributed by atoms with Gasteiger partial charge in [-0.2, -0.15) is 5.10 Å². The van der Waals surface area contributed by atoms with Crippen LogP contribution in [0.2, 0.25) is 0 Å². The first-order valence-electron chi connectivity index (χ1n) is 7.94. The van der Waals surface area contributed by atoms with E-state index in [2.05, 4.69) is 41.3 Å². The molecular weight excluding hydrogens is 308 g/mol. The Labute approximate surface area is 139 Å². The van der Waals surface area contributed by atoms with Crippen LogP contribution in [0.25, 0.3) is 10.2 Å². The van der Waals surface area contributed by atoms with Gasteiger partial charge in [0, 0.05) is 19.3 Å². The first-order chi connectivity index (χ1) is 11.3. The summed E-state index contributed by atoms with van der Waals surface area (Å²) < 4.78 is 9.14. The summed E-state index contributed by atoms with van der Waals surface area (Å²) in [5.74, 6) is 0. The van der Waals surface area contributed by atoms with Gasteiger partial charge in [-0.25, -0.2) is 4.98 Å². The minimum atomic E-state index is 0.192. The van der Waals surface area contributed by atoms with Crippen molar-refractivity contribution in [3.63, 3.8) is 0 Å². The standard InChI is InChI=1S/C17H20N4OS/c1-13-8-18-21(9-13)11-14-10-20(6-7-22-14)12-17-19-15-4-2-3-5-16(15)23-17/h2-5,8-9,14H,6-7,10-12H2,1H3/t14-/m1/s1. The molecule has 1 saturated heterocycles. The molecule has 1 fully saturated rings. The topological polar surface area (TPSA) is 43.2 Å². The van der Waals surface area contributed by atoms with Gasteiger partial charge in [0.25, 0.3) is 0 Å². The van der Waals surface area contributed by atoms with E-state index in [-0.39, 0.29) is 6.10 Å². The van der Waals surface area contributed by atoms with Crippen LogP contribution in [0.3, 0.4) is 0 Å². The highest BCUT2D eigenvalue weighted by atomic mass is 32.1. The van der Waals surface area contributed by atoms with Gasteiger partial charge >= 0.3 is 0 Å². The second-order valence-corrected chi connectivity index (χ2v) is 7.16. The Bertz CT molecular complexity index is 764. The molecule has 1 aromatic carbocycles. The lowest BCUT2D eigenvalue weighted by atomic mass is 10.2. The van der Waals surface area contributed by atoms with Gasteiger partial charge in [-0.05, 0) is 24.6 Å². The Kier molecular flexibility index (Phi) is 4.11. The van der Waals surface area contributed by atoms with E-state index in [1.807, 2.05) is 16.9 Å². The Hall–Kier alpha value is -1.76. The van der Waals surface area contributed by atoms with Crippen molar-refractivity contribution >= 4 is 21.6 Å². The van der Waals surface area contributed by atoms with Crippen LogP contribution in [0.1, 0.15) is 10.6 Å².